The third-order valence-corrected chi connectivity index (χ3v) is 10.9. The Hall–Kier alpha value is -4.96. The standard InChI is InChI=1S/C40H50N4O10S2/c1-23-31(35(47)37(41)49)33-25(13-9-15-27(33)51-21-29(45)53-39(3,4)5)43(23)17-11-19-55-56-20-12-18-44-24(2)32(36(48)38(42)50)34-26(44)14-10-16-28(34)52-22-30(46)54-40(6,7)8/h9-10,13-16H,11-12,17-22H2,1-8H3,(H2,41,49)(H2,42,50). The Morgan fingerprint density at radius 1 is 0.607 bits per heavy atom. The fraction of sp³-hybridized carbons (Fsp3) is 0.450. The van der Waals surface area contributed by atoms with Crippen LogP contribution in [0.15, 0.2) is 36.4 Å². The van der Waals surface area contributed by atoms with Gasteiger partial charge in [0.2, 0.25) is 0 Å². The summed E-state index contributed by atoms with van der Waals surface area (Å²) in [5.74, 6) is -2.91. The predicted molar refractivity (Wildman–Crippen MR) is 217 cm³/mol. The number of esters is 2. The molecule has 2 aromatic carbocycles. The fourth-order valence-electron chi connectivity index (χ4n) is 6.30. The second kappa shape index (κ2) is 18.3. The van der Waals surface area contributed by atoms with E-state index in [1.807, 2.05) is 21.3 Å². The first-order valence-corrected chi connectivity index (χ1v) is 20.6. The van der Waals surface area contributed by atoms with E-state index < -0.39 is 46.5 Å². The fourth-order valence-corrected chi connectivity index (χ4v) is 8.44. The molecule has 2 amide bonds. The van der Waals surface area contributed by atoms with Crippen molar-refractivity contribution in [2.75, 3.05) is 24.7 Å². The molecule has 0 aliphatic heterocycles. The maximum Gasteiger partial charge on any atom is 0.344 e. The molecule has 0 fully saturated rings. The monoisotopic (exact) mass is 810 g/mol. The molecular formula is C40H50N4O10S2. The van der Waals surface area contributed by atoms with Crippen molar-refractivity contribution in [3.8, 4) is 11.5 Å². The molecule has 0 saturated carbocycles. The molecule has 0 radical (unpaired) electrons. The van der Waals surface area contributed by atoms with Crippen molar-refractivity contribution in [1.82, 2.24) is 9.13 Å². The molecule has 4 N–H and O–H groups in total. The molecule has 0 unspecified atom stereocenters. The summed E-state index contributed by atoms with van der Waals surface area (Å²) in [6, 6.07) is 10.4. The third-order valence-electron chi connectivity index (χ3n) is 8.36. The van der Waals surface area contributed by atoms with E-state index in [0.29, 0.717) is 46.3 Å². The van der Waals surface area contributed by atoms with Gasteiger partial charge in [-0.25, -0.2) is 9.59 Å². The first-order chi connectivity index (χ1) is 26.2. The number of rotatable bonds is 19. The van der Waals surface area contributed by atoms with E-state index in [2.05, 4.69) is 0 Å². The zero-order valence-corrected chi connectivity index (χ0v) is 34.7. The van der Waals surface area contributed by atoms with Crippen LogP contribution in [0.5, 0.6) is 11.5 Å². The molecule has 0 saturated heterocycles. The summed E-state index contributed by atoms with van der Waals surface area (Å²) in [6.45, 7) is 14.3. The van der Waals surface area contributed by atoms with Gasteiger partial charge in [-0.3, -0.25) is 19.2 Å². The normalized spacial score (nSPS) is 11.8. The number of ether oxygens (including phenoxy) is 4. The van der Waals surface area contributed by atoms with Crippen LogP contribution in [-0.2, 0) is 41.7 Å². The van der Waals surface area contributed by atoms with Crippen LogP contribution < -0.4 is 20.9 Å². The first-order valence-electron chi connectivity index (χ1n) is 18.1. The van der Waals surface area contributed by atoms with Gasteiger partial charge < -0.3 is 39.5 Å². The van der Waals surface area contributed by atoms with E-state index in [1.54, 1.807) is 101 Å². The number of carbonyl (C=O) groups excluding carboxylic acids is 6. The van der Waals surface area contributed by atoms with E-state index in [9.17, 15) is 28.8 Å². The minimum atomic E-state index is -1.09. The number of nitrogens with zero attached hydrogens (tertiary/aromatic N) is 2. The number of hydrogen-bond acceptors (Lipinski definition) is 12. The lowest BCUT2D eigenvalue weighted by atomic mass is 10.1. The van der Waals surface area contributed by atoms with E-state index >= 15 is 0 Å². The molecule has 56 heavy (non-hydrogen) atoms. The summed E-state index contributed by atoms with van der Waals surface area (Å²) in [5.41, 5.74) is 12.2. The quantitative estimate of drug-likeness (QED) is 0.0377. The van der Waals surface area contributed by atoms with Gasteiger partial charge in [-0.1, -0.05) is 33.7 Å². The highest BCUT2D eigenvalue weighted by molar-refractivity contribution is 8.76. The number of nitrogens with two attached hydrogens (primary N) is 2. The molecule has 0 aliphatic carbocycles. The predicted octanol–water partition coefficient (Wildman–Crippen LogP) is 5.85. The average Bonchev–Trinajstić information content (AvgIpc) is 3.54. The highest BCUT2D eigenvalue weighted by Crippen LogP contribution is 2.36. The summed E-state index contributed by atoms with van der Waals surface area (Å²) in [4.78, 5) is 74.8. The summed E-state index contributed by atoms with van der Waals surface area (Å²) >= 11 is 0. The first kappa shape index (κ1) is 43.8. The number of amides is 2. The summed E-state index contributed by atoms with van der Waals surface area (Å²) in [6.07, 6.45) is 1.48. The minimum absolute atomic E-state index is 0.143. The number of benzene rings is 2. The number of fused-ring (bicyclic) bond motifs is 2. The van der Waals surface area contributed by atoms with E-state index in [0.717, 1.165) is 24.3 Å². The number of aromatic nitrogens is 2. The Bertz CT molecular complexity index is 2010. The lowest BCUT2D eigenvalue weighted by Gasteiger charge is -2.19. The molecule has 4 aromatic rings. The largest absolute Gasteiger partial charge is 0.481 e. The Kier molecular flexibility index (Phi) is 14.3. The second-order valence-electron chi connectivity index (χ2n) is 15.0. The molecule has 16 heteroatoms. The van der Waals surface area contributed by atoms with E-state index in [4.69, 9.17) is 30.4 Å². The molecule has 14 nitrogen and oxygen atoms in total. The Balaban J connectivity index is 1.40. The van der Waals surface area contributed by atoms with Crippen molar-refractivity contribution in [1.29, 1.82) is 0 Å². The van der Waals surface area contributed by atoms with Crippen molar-refractivity contribution >= 4 is 78.7 Å². The van der Waals surface area contributed by atoms with Crippen LogP contribution in [0.1, 0.15) is 86.5 Å². The molecule has 0 spiro atoms. The highest BCUT2D eigenvalue weighted by atomic mass is 33.1. The zero-order chi connectivity index (χ0) is 41.5. The molecule has 0 atom stereocenters. The van der Waals surface area contributed by atoms with Crippen molar-refractivity contribution in [2.24, 2.45) is 11.5 Å². The van der Waals surface area contributed by atoms with Gasteiger partial charge in [-0.15, -0.1) is 0 Å². The minimum Gasteiger partial charge on any atom is -0.481 e. The lowest BCUT2D eigenvalue weighted by molar-refractivity contribution is -0.158. The van der Waals surface area contributed by atoms with Gasteiger partial charge in [0, 0.05) is 36.0 Å². The number of aryl methyl sites for hydroxylation is 2. The van der Waals surface area contributed by atoms with Gasteiger partial charge in [-0.05, 0) is 92.5 Å². The molecule has 302 valence electrons. The average molecular weight is 811 g/mol. The SMILES string of the molecule is Cc1c(C(=O)C(N)=O)c2c(OCC(=O)OC(C)(C)C)cccc2n1CCCSSCCCn1c(C)c(C(=O)C(N)=O)c2c(OCC(=O)OC(C)(C)C)cccc21. The highest BCUT2D eigenvalue weighted by Gasteiger charge is 2.28. The van der Waals surface area contributed by atoms with Crippen molar-refractivity contribution < 1.29 is 47.7 Å². The summed E-state index contributed by atoms with van der Waals surface area (Å²) in [7, 11) is 3.38. The Morgan fingerprint density at radius 2 is 0.964 bits per heavy atom. The lowest BCUT2D eigenvalue weighted by Crippen LogP contribution is -2.27. The Labute approximate surface area is 333 Å². The summed E-state index contributed by atoms with van der Waals surface area (Å²) < 4.78 is 26.2. The van der Waals surface area contributed by atoms with Crippen LogP contribution in [0.4, 0.5) is 0 Å². The number of carbonyl (C=O) groups is 6. The van der Waals surface area contributed by atoms with E-state index in [1.165, 1.54) is 0 Å². The number of Topliss-reactive ketones (excluding diaryl/α,β-unsaturated/α-hetero) is 2. The van der Waals surface area contributed by atoms with Crippen LogP contribution in [0, 0.1) is 13.8 Å². The molecule has 2 aromatic heterocycles. The summed E-state index contributed by atoms with van der Waals surface area (Å²) in [5, 5.41) is 0.823. The van der Waals surface area contributed by atoms with Gasteiger partial charge in [0.25, 0.3) is 23.4 Å². The van der Waals surface area contributed by atoms with Gasteiger partial charge in [0.1, 0.15) is 22.7 Å². The Morgan fingerprint density at radius 3 is 1.29 bits per heavy atom. The molecule has 0 aliphatic rings. The van der Waals surface area contributed by atoms with Crippen LogP contribution in [0.3, 0.4) is 0 Å². The maximum absolute atomic E-state index is 13.0. The molecule has 2 heterocycles. The van der Waals surface area contributed by atoms with Crippen LogP contribution in [-0.4, -0.2) is 80.4 Å². The van der Waals surface area contributed by atoms with Crippen LogP contribution in [0.2, 0.25) is 0 Å². The smallest absolute Gasteiger partial charge is 0.344 e. The molecule has 0 bridgehead atoms. The second-order valence-corrected chi connectivity index (χ2v) is 17.7. The van der Waals surface area contributed by atoms with Gasteiger partial charge in [0.15, 0.2) is 13.2 Å². The number of primary amides is 2. The number of ketones is 2. The molecule has 4 rings (SSSR count). The van der Waals surface area contributed by atoms with Crippen molar-refractivity contribution in [2.45, 2.75) is 92.5 Å². The van der Waals surface area contributed by atoms with E-state index in [-0.39, 0.29) is 35.8 Å². The third kappa shape index (κ3) is 10.9. The van der Waals surface area contributed by atoms with Crippen LogP contribution >= 0.6 is 21.6 Å². The zero-order valence-electron chi connectivity index (χ0n) is 33.1. The van der Waals surface area contributed by atoms with Crippen molar-refractivity contribution in [3.05, 3.63) is 58.9 Å². The van der Waals surface area contributed by atoms with Gasteiger partial charge >= 0.3 is 11.9 Å². The number of hydrogen-bond donors (Lipinski definition) is 2. The topological polar surface area (TPSA) is 201 Å². The van der Waals surface area contributed by atoms with Gasteiger partial charge in [0.05, 0.1) is 32.9 Å². The van der Waals surface area contributed by atoms with Gasteiger partial charge in [-0.2, -0.15) is 0 Å². The van der Waals surface area contributed by atoms with Crippen molar-refractivity contribution in [3.63, 3.8) is 0 Å². The molecular weight excluding hydrogens is 761 g/mol. The maximum atomic E-state index is 13.0. The van der Waals surface area contributed by atoms with Crippen LogP contribution in [0.25, 0.3) is 21.8 Å².